The van der Waals surface area contributed by atoms with E-state index >= 15 is 0 Å². The second kappa shape index (κ2) is 10.1. The number of nitrogens with zero attached hydrogens (tertiary/aromatic N) is 2. The highest BCUT2D eigenvalue weighted by atomic mass is 32.2. The number of likely N-dealkylation sites (N-methyl/N-ethyl adjacent to an activating group) is 2. The van der Waals surface area contributed by atoms with E-state index in [9.17, 15) is 19.8 Å². The van der Waals surface area contributed by atoms with Crippen molar-refractivity contribution in [2.45, 2.75) is 75.4 Å². The van der Waals surface area contributed by atoms with Crippen LogP contribution in [0.2, 0.25) is 0 Å². The molecule has 156 valence electrons. The average molecular weight is 401 g/mol. The average Bonchev–Trinajstić information content (AvgIpc) is 3.22. The molecule has 0 aromatic carbocycles. The molecule has 2 aliphatic rings. The number of amides is 2. The largest absolute Gasteiger partial charge is 0.388 e. The first kappa shape index (κ1) is 22.5. The van der Waals surface area contributed by atoms with E-state index in [1.165, 1.54) is 0 Å². The maximum Gasteiger partial charge on any atom is 0.223 e. The van der Waals surface area contributed by atoms with Gasteiger partial charge in [-0.1, -0.05) is 25.7 Å². The SMILES string of the molecule is CN(CC1(O)CCCC1)C(=O)CCSCCC(=O)N(C)CC1(O)CCCC1. The number of carbonyl (C=O) groups is 2. The molecule has 2 amide bonds. The quantitative estimate of drug-likeness (QED) is 0.549. The zero-order valence-corrected chi connectivity index (χ0v) is 17.7. The van der Waals surface area contributed by atoms with Gasteiger partial charge in [0.05, 0.1) is 11.2 Å². The van der Waals surface area contributed by atoms with E-state index in [1.807, 2.05) is 0 Å². The molecule has 2 saturated carbocycles. The Balaban J connectivity index is 1.56. The lowest BCUT2D eigenvalue weighted by molar-refractivity contribution is -0.133. The predicted octanol–water partition coefficient (Wildman–Crippen LogP) is 2.03. The first-order valence-electron chi connectivity index (χ1n) is 10.2. The first-order valence-corrected chi connectivity index (χ1v) is 11.4. The molecule has 0 saturated heterocycles. The Labute approximate surface area is 167 Å². The Bertz CT molecular complexity index is 458. The molecule has 0 aliphatic heterocycles. The fourth-order valence-corrected chi connectivity index (χ4v) is 5.09. The highest BCUT2D eigenvalue weighted by Crippen LogP contribution is 2.31. The molecule has 0 bridgehead atoms. The summed E-state index contributed by atoms with van der Waals surface area (Å²) in [5.41, 5.74) is -1.39. The Hall–Kier alpha value is -0.790. The summed E-state index contributed by atoms with van der Waals surface area (Å²) < 4.78 is 0. The van der Waals surface area contributed by atoms with Crippen LogP contribution in [0.15, 0.2) is 0 Å². The third-order valence-electron chi connectivity index (χ3n) is 5.90. The number of carbonyl (C=O) groups excluding carboxylic acids is 2. The van der Waals surface area contributed by atoms with Crippen LogP contribution in [0, 0.1) is 0 Å². The van der Waals surface area contributed by atoms with Crippen molar-refractivity contribution in [2.24, 2.45) is 0 Å². The van der Waals surface area contributed by atoms with Crippen LogP contribution < -0.4 is 0 Å². The third-order valence-corrected chi connectivity index (χ3v) is 6.89. The number of aliphatic hydroxyl groups is 2. The van der Waals surface area contributed by atoms with Crippen molar-refractivity contribution in [3.63, 3.8) is 0 Å². The number of hydrogen-bond donors (Lipinski definition) is 2. The van der Waals surface area contributed by atoms with E-state index in [4.69, 9.17) is 0 Å². The molecule has 6 nitrogen and oxygen atoms in total. The second-order valence-corrected chi connectivity index (χ2v) is 9.70. The first-order chi connectivity index (χ1) is 12.7. The van der Waals surface area contributed by atoms with Crippen LogP contribution in [0.3, 0.4) is 0 Å². The highest BCUT2D eigenvalue weighted by molar-refractivity contribution is 7.99. The van der Waals surface area contributed by atoms with Gasteiger partial charge in [0.15, 0.2) is 0 Å². The van der Waals surface area contributed by atoms with Gasteiger partial charge in [-0.2, -0.15) is 11.8 Å². The Morgan fingerprint density at radius 2 is 1.11 bits per heavy atom. The maximum atomic E-state index is 12.2. The molecular formula is C20H36N2O4S. The van der Waals surface area contributed by atoms with Crippen LogP contribution in [0.1, 0.15) is 64.2 Å². The van der Waals surface area contributed by atoms with Gasteiger partial charge in [0.1, 0.15) is 0 Å². The van der Waals surface area contributed by atoms with Gasteiger partial charge in [0, 0.05) is 51.5 Å². The van der Waals surface area contributed by atoms with E-state index in [1.54, 1.807) is 35.7 Å². The standard InChI is InChI=1S/C20H36N2O4S/c1-21(15-19(25)9-3-4-10-19)17(23)7-13-27-14-8-18(24)22(2)16-20(26)11-5-6-12-20/h25-26H,3-16H2,1-2H3. The molecule has 2 aliphatic carbocycles. The van der Waals surface area contributed by atoms with E-state index in [2.05, 4.69) is 0 Å². The van der Waals surface area contributed by atoms with Gasteiger partial charge in [-0.25, -0.2) is 0 Å². The summed E-state index contributed by atoms with van der Waals surface area (Å²) in [6.45, 7) is 0.839. The Kier molecular flexibility index (Phi) is 8.43. The normalized spacial score (nSPS) is 20.6. The van der Waals surface area contributed by atoms with Gasteiger partial charge in [-0.05, 0) is 25.7 Å². The summed E-state index contributed by atoms with van der Waals surface area (Å²) in [7, 11) is 3.52. The van der Waals surface area contributed by atoms with Crippen molar-refractivity contribution in [3.05, 3.63) is 0 Å². The van der Waals surface area contributed by atoms with Crippen LogP contribution in [0.5, 0.6) is 0 Å². The van der Waals surface area contributed by atoms with Crippen LogP contribution in [-0.2, 0) is 9.59 Å². The van der Waals surface area contributed by atoms with E-state index in [0.717, 1.165) is 51.4 Å². The smallest absolute Gasteiger partial charge is 0.223 e. The van der Waals surface area contributed by atoms with Crippen molar-refractivity contribution in [1.82, 2.24) is 9.80 Å². The topological polar surface area (TPSA) is 81.1 Å². The summed E-state index contributed by atoms with van der Waals surface area (Å²) in [5, 5.41) is 20.8. The van der Waals surface area contributed by atoms with Gasteiger partial charge in [0.25, 0.3) is 0 Å². The van der Waals surface area contributed by atoms with Crippen molar-refractivity contribution in [3.8, 4) is 0 Å². The second-order valence-electron chi connectivity index (χ2n) is 8.47. The molecule has 27 heavy (non-hydrogen) atoms. The van der Waals surface area contributed by atoms with Crippen molar-refractivity contribution >= 4 is 23.6 Å². The predicted molar refractivity (Wildman–Crippen MR) is 109 cm³/mol. The number of hydrogen-bond acceptors (Lipinski definition) is 5. The maximum absolute atomic E-state index is 12.2. The van der Waals surface area contributed by atoms with Crippen molar-refractivity contribution in [2.75, 3.05) is 38.7 Å². The minimum Gasteiger partial charge on any atom is -0.388 e. The van der Waals surface area contributed by atoms with Gasteiger partial charge < -0.3 is 20.0 Å². The molecule has 7 heteroatoms. The van der Waals surface area contributed by atoms with Crippen LogP contribution in [-0.4, -0.2) is 81.7 Å². The molecule has 0 spiro atoms. The molecular weight excluding hydrogens is 364 g/mol. The van der Waals surface area contributed by atoms with Crippen LogP contribution in [0.4, 0.5) is 0 Å². The minimum atomic E-state index is -0.696. The molecule has 2 N–H and O–H groups in total. The summed E-state index contributed by atoms with van der Waals surface area (Å²) in [4.78, 5) is 27.7. The molecule has 2 rings (SSSR count). The minimum absolute atomic E-state index is 0.0507. The zero-order valence-electron chi connectivity index (χ0n) is 16.9. The van der Waals surface area contributed by atoms with Crippen molar-refractivity contribution in [1.29, 1.82) is 0 Å². The summed E-state index contributed by atoms with van der Waals surface area (Å²) >= 11 is 1.61. The monoisotopic (exact) mass is 400 g/mol. The lowest BCUT2D eigenvalue weighted by Crippen LogP contribution is -2.42. The van der Waals surface area contributed by atoms with Crippen LogP contribution in [0.25, 0.3) is 0 Å². The van der Waals surface area contributed by atoms with Crippen molar-refractivity contribution < 1.29 is 19.8 Å². The van der Waals surface area contributed by atoms with E-state index in [0.29, 0.717) is 37.4 Å². The molecule has 0 heterocycles. The van der Waals surface area contributed by atoms with Crippen LogP contribution >= 0.6 is 11.8 Å². The molecule has 0 radical (unpaired) electrons. The molecule has 0 aromatic rings. The van der Waals surface area contributed by atoms with Gasteiger partial charge >= 0.3 is 0 Å². The Morgan fingerprint density at radius 3 is 1.44 bits per heavy atom. The highest BCUT2D eigenvalue weighted by Gasteiger charge is 2.34. The third kappa shape index (κ3) is 7.27. The van der Waals surface area contributed by atoms with Gasteiger partial charge in [-0.15, -0.1) is 0 Å². The van der Waals surface area contributed by atoms with Gasteiger partial charge in [-0.3, -0.25) is 9.59 Å². The zero-order chi connectivity index (χ0) is 19.9. The fourth-order valence-electron chi connectivity index (χ4n) is 4.24. The summed E-state index contributed by atoms with van der Waals surface area (Å²) in [6, 6.07) is 0. The molecule has 0 unspecified atom stereocenters. The number of rotatable bonds is 10. The molecule has 2 fully saturated rings. The van der Waals surface area contributed by atoms with E-state index < -0.39 is 11.2 Å². The number of thioether (sulfide) groups is 1. The lowest BCUT2D eigenvalue weighted by Gasteiger charge is -2.29. The molecule has 0 atom stereocenters. The van der Waals surface area contributed by atoms with E-state index in [-0.39, 0.29) is 11.8 Å². The lowest BCUT2D eigenvalue weighted by atomic mass is 10.0. The molecule has 0 aromatic heterocycles. The Morgan fingerprint density at radius 1 is 0.778 bits per heavy atom. The summed E-state index contributed by atoms with van der Waals surface area (Å²) in [6.07, 6.45) is 8.13. The van der Waals surface area contributed by atoms with Gasteiger partial charge in [0.2, 0.25) is 11.8 Å². The fraction of sp³-hybridized carbons (Fsp3) is 0.900. The summed E-state index contributed by atoms with van der Waals surface area (Å²) in [5.74, 6) is 1.47.